The summed E-state index contributed by atoms with van der Waals surface area (Å²) in [5, 5.41) is 7.77. The molecule has 2 heterocycles. The Balaban J connectivity index is 1.70. The largest absolute Gasteiger partial charge is 0.367 e. The van der Waals surface area contributed by atoms with E-state index in [1.807, 2.05) is 25.1 Å². The third-order valence-corrected chi connectivity index (χ3v) is 5.37. The van der Waals surface area contributed by atoms with Crippen molar-refractivity contribution in [1.82, 2.24) is 14.7 Å². The molecule has 0 unspecified atom stereocenters. The Bertz CT molecular complexity index is 837. The van der Waals surface area contributed by atoms with Gasteiger partial charge in [-0.25, -0.2) is 0 Å². The van der Waals surface area contributed by atoms with Crippen LogP contribution >= 0.6 is 11.6 Å². The normalized spacial score (nSPS) is 15.5. The fourth-order valence-electron chi connectivity index (χ4n) is 3.33. The third kappa shape index (κ3) is 4.51. The molecule has 0 aliphatic carbocycles. The van der Waals surface area contributed by atoms with Crippen LogP contribution in [0.15, 0.2) is 30.3 Å². The lowest BCUT2D eigenvalue weighted by molar-refractivity contribution is -0.111. The Morgan fingerprint density at radius 2 is 1.96 bits per heavy atom. The molecule has 6 nitrogen and oxygen atoms in total. The number of para-hydroxylation sites is 2. The van der Waals surface area contributed by atoms with E-state index in [0.29, 0.717) is 5.15 Å². The smallest absolute Gasteiger partial charge is 0.248 e. The monoisotopic (exact) mass is 387 g/mol. The molecule has 2 aromatic rings. The van der Waals surface area contributed by atoms with Gasteiger partial charge in [-0.2, -0.15) is 5.10 Å². The zero-order chi connectivity index (χ0) is 19.4. The van der Waals surface area contributed by atoms with Gasteiger partial charge in [0.1, 0.15) is 5.15 Å². The number of carbonyl (C=O) groups is 1. The van der Waals surface area contributed by atoms with E-state index in [1.165, 1.54) is 6.08 Å². The number of nitrogens with zero attached hydrogens (tertiary/aromatic N) is 4. The van der Waals surface area contributed by atoms with E-state index in [9.17, 15) is 4.79 Å². The van der Waals surface area contributed by atoms with Crippen molar-refractivity contribution in [3.8, 4) is 0 Å². The quantitative estimate of drug-likeness (QED) is 0.800. The van der Waals surface area contributed by atoms with Crippen LogP contribution in [0, 0.1) is 6.92 Å². The lowest BCUT2D eigenvalue weighted by atomic mass is 10.2. The molecular formula is C20H26ClN5O. The lowest BCUT2D eigenvalue weighted by Gasteiger charge is -2.36. The first kappa shape index (κ1) is 19.5. The fourth-order valence-corrected chi connectivity index (χ4v) is 3.57. The zero-order valence-corrected chi connectivity index (χ0v) is 16.8. The van der Waals surface area contributed by atoms with Crippen LogP contribution in [0.2, 0.25) is 5.15 Å². The molecule has 1 N–H and O–H groups in total. The molecule has 0 saturated carbocycles. The minimum Gasteiger partial charge on any atom is -0.367 e. The van der Waals surface area contributed by atoms with E-state index in [-0.39, 0.29) is 5.91 Å². The number of anilines is 2. The first-order chi connectivity index (χ1) is 13.0. The minimum atomic E-state index is -0.186. The number of halogens is 1. The van der Waals surface area contributed by atoms with Crippen molar-refractivity contribution >= 4 is 35.0 Å². The highest BCUT2D eigenvalue weighted by Gasteiger charge is 2.18. The van der Waals surface area contributed by atoms with Crippen LogP contribution in [0.25, 0.3) is 6.08 Å². The zero-order valence-electron chi connectivity index (χ0n) is 16.1. The van der Waals surface area contributed by atoms with Crippen LogP contribution in [0.4, 0.5) is 11.4 Å². The Morgan fingerprint density at radius 3 is 2.59 bits per heavy atom. The molecule has 1 fully saturated rings. The van der Waals surface area contributed by atoms with Crippen LogP contribution in [0.5, 0.6) is 0 Å². The van der Waals surface area contributed by atoms with Gasteiger partial charge in [0.05, 0.1) is 17.1 Å². The van der Waals surface area contributed by atoms with Gasteiger partial charge in [-0.15, -0.1) is 0 Å². The summed E-state index contributed by atoms with van der Waals surface area (Å²) in [4.78, 5) is 17.2. The average molecular weight is 388 g/mol. The molecule has 3 rings (SSSR count). The van der Waals surface area contributed by atoms with Gasteiger partial charge in [0.15, 0.2) is 0 Å². The van der Waals surface area contributed by atoms with Gasteiger partial charge in [0, 0.05) is 44.9 Å². The topological polar surface area (TPSA) is 53.4 Å². The maximum atomic E-state index is 12.5. The summed E-state index contributed by atoms with van der Waals surface area (Å²) in [7, 11) is 1.78. The van der Waals surface area contributed by atoms with Gasteiger partial charge in [0.2, 0.25) is 5.91 Å². The maximum absolute atomic E-state index is 12.5. The molecule has 7 heteroatoms. The number of benzene rings is 1. The van der Waals surface area contributed by atoms with Crippen LogP contribution in [0.1, 0.15) is 18.2 Å². The summed E-state index contributed by atoms with van der Waals surface area (Å²) in [6.45, 7) is 9.13. The number of nitrogens with one attached hydrogen (secondary N) is 1. The number of hydrogen-bond donors (Lipinski definition) is 1. The molecular weight excluding hydrogens is 362 g/mol. The molecule has 27 heavy (non-hydrogen) atoms. The summed E-state index contributed by atoms with van der Waals surface area (Å²) in [6.07, 6.45) is 3.21. The number of carbonyl (C=O) groups excluding carboxylic acids is 1. The molecule has 0 bridgehead atoms. The summed E-state index contributed by atoms with van der Waals surface area (Å²) in [5.41, 5.74) is 3.44. The molecule has 1 amide bonds. The van der Waals surface area contributed by atoms with Crippen LogP contribution in [-0.4, -0.2) is 53.3 Å². The van der Waals surface area contributed by atoms with Crippen molar-refractivity contribution in [3.05, 3.63) is 46.8 Å². The predicted octanol–water partition coefficient (Wildman–Crippen LogP) is 3.18. The Labute approximate surface area is 165 Å². The van der Waals surface area contributed by atoms with Gasteiger partial charge >= 0.3 is 0 Å². The highest BCUT2D eigenvalue weighted by Crippen LogP contribution is 2.27. The van der Waals surface area contributed by atoms with Crippen LogP contribution in [0.3, 0.4) is 0 Å². The fraction of sp³-hybridized carbons (Fsp3) is 0.400. The van der Waals surface area contributed by atoms with Crippen molar-refractivity contribution in [1.29, 1.82) is 0 Å². The molecule has 144 valence electrons. The third-order valence-electron chi connectivity index (χ3n) is 4.92. The van der Waals surface area contributed by atoms with Gasteiger partial charge in [-0.05, 0) is 31.7 Å². The van der Waals surface area contributed by atoms with Crippen molar-refractivity contribution in [3.63, 3.8) is 0 Å². The first-order valence-corrected chi connectivity index (χ1v) is 9.62. The van der Waals surface area contributed by atoms with Gasteiger partial charge in [-0.1, -0.05) is 30.7 Å². The highest BCUT2D eigenvalue weighted by molar-refractivity contribution is 6.31. The van der Waals surface area contributed by atoms with Gasteiger partial charge < -0.3 is 15.1 Å². The molecule has 1 aliphatic rings. The van der Waals surface area contributed by atoms with E-state index in [2.05, 4.69) is 33.2 Å². The van der Waals surface area contributed by atoms with Crippen molar-refractivity contribution in [2.24, 2.45) is 7.05 Å². The number of aromatic nitrogens is 2. The molecule has 1 aromatic heterocycles. The Morgan fingerprint density at radius 1 is 1.26 bits per heavy atom. The average Bonchev–Trinajstić information content (AvgIpc) is 2.92. The number of piperazine rings is 1. The van der Waals surface area contributed by atoms with Crippen LogP contribution in [-0.2, 0) is 11.8 Å². The van der Waals surface area contributed by atoms with Crippen molar-refractivity contribution in [2.75, 3.05) is 42.9 Å². The molecule has 0 atom stereocenters. The van der Waals surface area contributed by atoms with Crippen LogP contribution < -0.4 is 10.2 Å². The van der Waals surface area contributed by atoms with Crippen molar-refractivity contribution < 1.29 is 4.79 Å². The number of aryl methyl sites for hydroxylation is 2. The van der Waals surface area contributed by atoms with E-state index in [0.717, 1.165) is 55.4 Å². The SMILES string of the molecule is CCN1CCN(c2ccccc2NC(=O)/C=C/c2c(C)nn(C)c2Cl)CC1. The highest BCUT2D eigenvalue weighted by atomic mass is 35.5. The standard InChI is InChI=1S/C20H26ClN5O/c1-4-25-11-13-26(14-12-25)18-8-6-5-7-17(18)22-19(27)10-9-16-15(2)23-24(3)20(16)21/h5-10H,4,11-14H2,1-3H3,(H,22,27)/b10-9+. The second-order valence-electron chi connectivity index (χ2n) is 6.67. The maximum Gasteiger partial charge on any atom is 0.248 e. The molecule has 0 radical (unpaired) electrons. The lowest BCUT2D eigenvalue weighted by Crippen LogP contribution is -2.46. The molecule has 1 aromatic carbocycles. The van der Waals surface area contributed by atoms with Gasteiger partial charge in [0.25, 0.3) is 0 Å². The number of likely N-dealkylation sites (N-methyl/N-ethyl adjacent to an activating group) is 1. The summed E-state index contributed by atoms with van der Waals surface area (Å²) >= 11 is 6.22. The second kappa shape index (κ2) is 8.59. The minimum absolute atomic E-state index is 0.186. The number of rotatable bonds is 5. The predicted molar refractivity (Wildman–Crippen MR) is 111 cm³/mol. The van der Waals surface area contributed by atoms with Gasteiger partial charge in [-0.3, -0.25) is 9.48 Å². The first-order valence-electron chi connectivity index (χ1n) is 9.24. The van der Waals surface area contributed by atoms with E-state index in [1.54, 1.807) is 17.8 Å². The molecule has 1 saturated heterocycles. The summed E-state index contributed by atoms with van der Waals surface area (Å²) in [5.74, 6) is -0.186. The van der Waals surface area contributed by atoms with E-state index < -0.39 is 0 Å². The van der Waals surface area contributed by atoms with E-state index in [4.69, 9.17) is 11.6 Å². The summed E-state index contributed by atoms with van der Waals surface area (Å²) in [6, 6.07) is 7.94. The van der Waals surface area contributed by atoms with Crippen molar-refractivity contribution in [2.45, 2.75) is 13.8 Å². The molecule has 1 aliphatic heterocycles. The number of amides is 1. The van der Waals surface area contributed by atoms with E-state index >= 15 is 0 Å². The summed E-state index contributed by atoms with van der Waals surface area (Å²) < 4.78 is 1.60. The second-order valence-corrected chi connectivity index (χ2v) is 7.03. The molecule has 0 spiro atoms. The Hall–Kier alpha value is -2.31. The number of hydrogen-bond acceptors (Lipinski definition) is 4. The Kier molecular flexibility index (Phi) is 6.19.